The fraction of sp³-hybridized carbons (Fsp3) is 0.625. The molecule has 0 spiro atoms. The van der Waals surface area contributed by atoms with Crippen molar-refractivity contribution in [3.05, 3.63) is 34.9 Å². The normalized spacial score (nSPS) is 12.6. The topological polar surface area (TPSA) is 26.0 Å². The van der Waals surface area contributed by atoms with E-state index in [-0.39, 0.29) is 11.6 Å². The molecule has 19 heavy (non-hydrogen) atoms. The quantitative estimate of drug-likeness (QED) is 0.817. The second-order valence-corrected chi connectivity index (χ2v) is 4.97. The Morgan fingerprint density at radius 3 is 2.26 bits per heavy atom. The minimum Gasteiger partial charge on any atom is -0.328 e. The van der Waals surface area contributed by atoms with Gasteiger partial charge < -0.3 is 5.73 Å². The molecular formula is C16H27F2N. The van der Waals surface area contributed by atoms with E-state index in [4.69, 9.17) is 5.73 Å². The molecule has 0 heterocycles. The van der Waals surface area contributed by atoms with Gasteiger partial charge in [0.05, 0.1) is 0 Å². The molecule has 0 saturated heterocycles. The van der Waals surface area contributed by atoms with Crippen molar-refractivity contribution in [2.45, 2.75) is 65.8 Å². The summed E-state index contributed by atoms with van der Waals surface area (Å²) in [6, 6.07) is 5.30. The van der Waals surface area contributed by atoms with Crippen molar-refractivity contribution in [3.63, 3.8) is 0 Å². The number of rotatable bonds is 5. The van der Waals surface area contributed by atoms with Gasteiger partial charge in [-0.1, -0.05) is 31.5 Å². The molecule has 3 heteroatoms. The third kappa shape index (κ3) is 7.26. The number of hydrogen-bond donors (Lipinski definition) is 1. The molecule has 0 saturated carbocycles. The van der Waals surface area contributed by atoms with E-state index in [0.29, 0.717) is 0 Å². The van der Waals surface area contributed by atoms with Gasteiger partial charge in [-0.25, -0.2) is 8.78 Å². The highest BCUT2D eigenvalue weighted by molar-refractivity contribution is 5.31. The largest absolute Gasteiger partial charge is 0.328 e. The number of alkyl halides is 2. The highest BCUT2D eigenvalue weighted by atomic mass is 19.3. The molecule has 0 aromatic heterocycles. The molecule has 2 N–H and O–H groups in total. The zero-order valence-electron chi connectivity index (χ0n) is 12.8. The summed E-state index contributed by atoms with van der Waals surface area (Å²) in [6.07, 6.45) is 2.67. The average Bonchev–Trinajstić information content (AvgIpc) is 2.29. The molecule has 0 unspecified atom stereocenters. The van der Waals surface area contributed by atoms with Crippen molar-refractivity contribution in [2.24, 2.45) is 5.73 Å². The van der Waals surface area contributed by atoms with Crippen molar-refractivity contribution in [3.8, 4) is 0 Å². The third-order valence-corrected chi connectivity index (χ3v) is 2.77. The van der Waals surface area contributed by atoms with Crippen molar-refractivity contribution < 1.29 is 8.78 Å². The minimum atomic E-state index is -2.76. The van der Waals surface area contributed by atoms with Crippen LogP contribution < -0.4 is 5.73 Å². The van der Waals surface area contributed by atoms with Crippen molar-refractivity contribution >= 4 is 0 Å². The molecule has 0 radical (unpaired) electrons. The second kappa shape index (κ2) is 8.26. The minimum absolute atomic E-state index is 0.105. The fourth-order valence-electron chi connectivity index (χ4n) is 1.89. The molecular weight excluding hydrogens is 244 g/mol. The van der Waals surface area contributed by atoms with Crippen molar-refractivity contribution in [1.29, 1.82) is 0 Å². The molecule has 0 aliphatic carbocycles. The lowest BCUT2D eigenvalue weighted by atomic mass is 9.98. The maximum Gasteiger partial charge on any atom is 0.270 e. The van der Waals surface area contributed by atoms with E-state index in [1.54, 1.807) is 12.1 Å². The van der Waals surface area contributed by atoms with Crippen LogP contribution in [0.5, 0.6) is 0 Å². The third-order valence-electron chi connectivity index (χ3n) is 2.77. The summed E-state index contributed by atoms with van der Waals surface area (Å²) in [4.78, 5) is 0. The van der Waals surface area contributed by atoms with Gasteiger partial charge in [0, 0.05) is 18.5 Å². The zero-order valence-corrected chi connectivity index (χ0v) is 12.8. The number of halogens is 2. The summed E-state index contributed by atoms with van der Waals surface area (Å²) in [6.45, 7) is 8.75. The summed E-state index contributed by atoms with van der Waals surface area (Å²) in [7, 11) is 0. The Hall–Kier alpha value is -0.960. The molecule has 1 aromatic carbocycles. The highest BCUT2D eigenvalue weighted by Crippen LogP contribution is 2.28. The van der Waals surface area contributed by atoms with E-state index < -0.39 is 5.92 Å². The number of benzene rings is 1. The van der Waals surface area contributed by atoms with Crippen LogP contribution in [0.15, 0.2) is 18.2 Å². The molecule has 0 fully saturated rings. The summed E-state index contributed by atoms with van der Waals surface area (Å²) in [5.74, 6) is -2.76. The molecule has 110 valence electrons. The van der Waals surface area contributed by atoms with Crippen LogP contribution >= 0.6 is 0 Å². The Labute approximate surface area is 116 Å². The Morgan fingerprint density at radius 1 is 1.21 bits per heavy atom. The van der Waals surface area contributed by atoms with E-state index in [1.165, 1.54) is 0 Å². The smallest absolute Gasteiger partial charge is 0.270 e. The van der Waals surface area contributed by atoms with Crippen LogP contribution in [-0.4, -0.2) is 6.04 Å². The lowest BCUT2D eigenvalue weighted by molar-refractivity contribution is 0.0173. The lowest BCUT2D eigenvalue weighted by Crippen LogP contribution is -2.14. The number of aryl methyl sites for hydroxylation is 2. The maximum absolute atomic E-state index is 13.2. The highest BCUT2D eigenvalue weighted by Gasteiger charge is 2.24. The van der Waals surface area contributed by atoms with Gasteiger partial charge in [0.1, 0.15) is 0 Å². The van der Waals surface area contributed by atoms with Crippen LogP contribution in [0.25, 0.3) is 0 Å². The summed E-state index contributed by atoms with van der Waals surface area (Å²) in [5.41, 5.74) is 7.63. The van der Waals surface area contributed by atoms with Gasteiger partial charge in [-0.2, -0.15) is 0 Å². The lowest BCUT2D eigenvalue weighted by Gasteiger charge is -2.14. The van der Waals surface area contributed by atoms with Gasteiger partial charge in [-0.3, -0.25) is 0 Å². The first-order valence-corrected chi connectivity index (χ1v) is 7.03. The first-order valence-electron chi connectivity index (χ1n) is 7.03. The van der Waals surface area contributed by atoms with E-state index in [1.807, 2.05) is 33.8 Å². The molecule has 1 nitrogen and oxygen atoms in total. The van der Waals surface area contributed by atoms with E-state index >= 15 is 0 Å². The molecule has 1 atom stereocenters. The molecule has 0 aliphatic heterocycles. The van der Waals surface area contributed by atoms with Gasteiger partial charge in [-0.05, 0) is 44.7 Å². The molecule has 1 aromatic rings. The molecule has 1 rings (SSSR count). The predicted octanol–water partition coefficient (Wildman–Crippen LogP) is 4.80. The Balaban J connectivity index is 0.00000154. The van der Waals surface area contributed by atoms with Crippen LogP contribution in [0.4, 0.5) is 8.78 Å². The van der Waals surface area contributed by atoms with Crippen LogP contribution in [0.3, 0.4) is 0 Å². The first kappa shape index (κ1) is 18.0. The van der Waals surface area contributed by atoms with Gasteiger partial charge >= 0.3 is 0 Å². The fourth-order valence-corrected chi connectivity index (χ4v) is 1.89. The van der Waals surface area contributed by atoms with E-state index in [0.717, 1.165) is 37.3 Å². The van der Waals surface area contributed by atoms with Crippen LogP contribution in [-0.2, 0) is 12.3 Å². The Bertz CT molecular complexity index is 368. The standard InChI is InChI=1S/C14H21F2N.C2H6/c1-10-7-12(6-4-5-11(2)17)9-13(8-10)14(3,15)16;1-2/h7-9,11H,4-6,17H2,1-3H3;1-2H3/t11-;/m0./s1. The molecule has 0 aliphatic rings. The Morgan fingerprint density at radius 2 is 1.79 bits per heavy atom. The average molecular weight is 271 g/mol. The van der Waals surface area contributed by atoms with Crippen molar-refractivity contribution in [2.75, 3.05) is 0 Å². The van der Waals surface area contributed by atoms with Crippen LogP contribution in [0.1, 0.15) is 57.2 Å². The number of hydrogen-bond acceptors (Lipinski definition) is 1. The summed E-state index contributed by atoms with van der Waals surface area (Å²) >= 11 is 0. The summed E-state index contributed by atoms with van der Waals surface area (Å²) < 4.78 is 26.5. The van der Waals surface area contributed by atoms with Gasteiger partial charge in [0.15, 0.2) is 0 Å². The Kier molecular flexibility index (Phi) is 7.84. The molecule has 0 amide bonds. The van der Waals surface area contributed by atoms with Gasteiger partial charge in [-0.15, -0.1) is 0 Å². The monoisotopic (exact) mass is 271 g/mol. The van der Waals surface area contributed by atoms with E-state index in [9.17, 15) is 8.78 Å². The summed E-state index contributed by atoms with van der Waals surface area (Å²) in [5, 5.41) is 0. The van der Waals surface area contributed by atoms with Gasteiger partial charge in [0.25, 0.3) is 5.92 Å². The first-order chi connectivity index (χ1) is 8.79. The number of nitrogens with two attached hydrogens (primary N) is 1. The second-order valence-electron chi connectivity index (χ2n) is 4.97. The van der Waals surface area contributed by atoms with Crippen LogP contribution in [0.2, 0.25) is 0 Å². The predicted molar refractivity (Wildman–Crippen MR) is 78.7 cm³/mol. The zero-order chi connectivity index (χ0) is 15.1. The van der Waals surface area contributed by atoms with Crippen LogP contribution in [0, 0.1) is 6.92 Å². The van der Waals surface area contributed by atoms with Crippen molar-refractivity contribution in [1.82, 2.24) is 0 Å². The SMILES string of the molecule is CC.Cc1cc(CCC[C@H](C)N)cc(C(C)(F)F)c1. The maximum atomic E-state index is 13.2. The van der Waals surface area contributed by atoms with Gasteiger partial charge in [0.2, 0.25) is 0 Å². The molecule has 0 bridgehead atoms. The van der Waals surface area contributed by atoms with E-state index in [2.05, 4.69) is 0 Å².